The Kier molecular flexibility index (Phi) is 18.7. The molecule has 0 aliphatic carbocycles. The minimum atomic E-state index is -0.692. The van der Waals surface area contributed by atoms with Crippen molar-refractivity contribution in [1.82, 2.24) is 0 Å². The van der Waals surface area contributed by atoms with Gasteiger partial charge < -0.3 is 15.3 Å². The second kappa shape index (κ2) is 19.2. The van der Waals surface area contributed by atoms with E-state index in [1.54, 1.807) is 0 Å². The minimum Gasteiger partial charge on any atom is -0.481 e. The fourth-order valence-corrected chi connectivity index (χ4v) is 3.37. The molecule has 0 radical (unpaired) electrons. The molecule has 0 fully saturated rings. The fourth-order valence-electron chi connectivity index (χ4n) is 3.37. The molecule has 0 aromatic carbocycles. The molecule has 0 heterocycles. The van der Waals surface area contributed by atoms with Crippen LogP contribution >= 0.6 is 0 Å². The maximum atomic E-state index is 10.4. The van der Waals surface area contributed by atoms with Crippen molar-refractivity contribution < 1.29 is 20.1 Å². The van der Waals surface area contributed by atoms with Gasteiger partial charge in [-0.05, 0) is 32.1 Å². The highest BCUT2D eigenvalue weighted by molar-refractivity contribution is 5.66. The van der Waals surface area contributed by atoms with E-state index < -0.39 is 5.97 Å². The second-order valence-corrected chi connectivity index (χ2v) is 7.85. The number of hydrogen-bond donors (Lipinski definition) is 3. The summed E-state index contributed by atoms with van der Waals surface area (Å²) in [5.41, 5.74) is 0. The van der Waals surface area contributed by atoms with Crippen LogP contribution in [0.5, 0.6) is 0 Å². The summed E-state index contributed by atoms with van der Waals surface area (Å²) in [6, 6.07) is 0. The number of carboxylic acid groups (broad SMARTS) is 1. The summed E-state index contributed by atoms with van der Waals surface area (Å²) >= 11 is 0. The van der Waals surface area contributed by atoms with Crippen molar-refractivity contribution in [1.29, 1.82) is 0 Å². The number of carboxylic acids is 1. The van der Waals surface area contributed by atoms with Crippen molar-refractivity contribution in [2.24, 2.45) is 0 Å². The molecule has 0 saturated heterocycles. The first kappa shape index (κ1) is 25.4. The molecule has 0 bridgehead atoms. The Morgan fingerprint density at radius 3 is 1.42 bits per heavy atom. The van der Waals surface area contributed by atoms with Gasteiger partial charge in [-0.15, -0.1) is 0 Å². The average molecular weight is 373 g/mol. The van der Waals surface area contributed by atoms with Gasteiger partial charge in [0.25, 0.3) is 0 Å². The number of aliphatic hydroxyl groups is 2. The Balaban J connectivity index is 3.30. The van der Waals surface area contributed by atoms with Gasteiger partial charge in [0.05, 0.1) is 12.2 Å². The van der Waals surface area contributed by atoms with Crippen LogP contribution in [0.4, 0.5) is 0 Å². The van der Waals surface area contributed by atoms with Crippen LogP contribution in [0.25, 0.3) is 0 Å². The molecule has 0 rings (SSSR count). The highest BCUT2D eigenvalue weighted by Crippen LogP contribution is 2.15. The zero-order valence-corrected chi connectivity index (χ0v) is 17.1. The molecule has 3 N–H and O–H groups in total. The molecule has 0 saturated carbocycles. The van der Waals surface area contributed by atoms with E-state index in [2.05, 4.69) is 6.92 Å². The monoisotopic (exact) mass is 372 g/mol. The molecular formula is C22H44O4. The number of aliphatic carboxylic acids is 1. The molecule has 2 atom stereocenters. The van der Waals surface area contributed by atoms with Gasteiger partial charge in [-0.3, -0.25) is 4.79 Å². The average Bonchev–Trinajstić information content (AvgIpc) is 2.61. The standard InChI is InChI=1S/C22H44O4/c1-2-3-4-9-12-15-20(23)18-19-21(24)16-13-10-7-5-6-8-11-14-17-22(25)26/h20-21,23-24H,2-19H2,1H3,(H,25,26). The van der Waals surface area contributed by atoms with Gasteiger partial charge in [-0.25, -0.2) is 0 Å². The lowest BCUT2D eigenvalue weighted by atomic mass is 10.00. The van der Waals surface area contributed by atoms with Crippen LogP contribution in [0.2, 0.25) is 0 Å². The smallest absolute Gasteiger partial charge is 0.303 e. The van der Waals surface area contributed by atoms with Gasteiger partial charge in [0.1, 0.15) is 0 Å². The first-order chi connectivity index (χ1) is 12.6. The summed E-state index contributed by atoms with van der Waals surface area (Å²) in [5.74, 6) is -0.692. The Morgan fingerprint density at radius 2 is 1.00 bits per heavy atom. The Labute approximate surface area is 161 Å². The van der Waals surface area contributed by atoms with Crippen molar-refractivity contribution in [3.63, 3.8) is 0 Å². The van der Waals surface area contributed by atoms with E-state index in [1.807, 2.05) is 0 Å². The molecule has 0 aliphatic rings. The third kappa shape index (κ3) is 19.7. The van der Waals surface area contributed by atoms with E-state index in [0.29, 0.717) is 6.42 Å². The van der Waals surface area contributed by atoms with Gasteiger partial charge in [0.15, 0.2) is 0 Å². The Bertz CT molecular complexity index is 307. The SMILES string of the molecule is CCCCCCCC(O)CCC(O)CCCCCCCCCCC(=O)O. The molecule has 26 heavy (non-hydrogen) atoms. The summed E-state index contributed by atoms with van der Waals surface area (Å²) in [5, 5.41) is 28.6. The van der Waals surface area contributed by atoms with Crippen LogP contribution < -0.4 is 0 Å². The number of aliphatic hydroxyl groups excluding tert-OH is 2. The summed E-state index contributed by atoms with van der Waals surface area (Å²) in [4.78, 5) is 10.4. The predicted molar refractivity (Wildman–Crippen MR) is 108 cm³/mol. The molecule has 0 aromatic rings. The Morgan fingerprint density at radius 1 is 0.615 bits per heavy atom. The van der Waals surface area contributed by atoms with Crippen molar-refractivity contribution in [2.45, 2.75) is 135 Å². The van der Waals surface area contributed by atoms with Crippen molar-refractivity contribution >= 4 is 5.97 Å². The summed E-state index contributed by atoms with van der Waals surface area (Å²) in [6.45, 7) is 2.21. The van der Waals surface area contributed by atoms with Gasteiger partial charge in [0.2, 0.25) is 0 Å². The maximum Gasteiger partial charge on any atom is 0.303 e. The number of hydrogen-bond acceptors (Lipinski definition) is 3. The lowest BCUT2D eigenvalue weighted by Gasteiger charge is -2.14. The van der Waals surface area contributed by atoms with Crippen LogP contribution in [-0.2, 0) is 4.79 Å². The minimum absolute atomic E-state index is 0.243. The quantitative estimate of drug-likeness (QED) is 0.235. The zero-order valence-electron chi connectivity index (χ0n) is 17.1. The summed E-state index contributed by atoms with van der Waals surface area (Å²) in [6.07, 6.45) is 17.9. The van der Waals surface area contributed by atoms with Gasteiger partial charge in [-0.2, -0.15) is 0 Å². The van der Waals surface area contributed by atoms with E-state index in [1.165, 1.54) is 44.9 Å². The second-order valence-electron chi connectivity index (χ2n) is 7.85. The van der Waals surface area contributed by atoms with Crippen LogP contribution in [0.15, 0.2) is 0 Å². The van der Waals surface area contributed by atoms with Gasteiger partial charge in [-0.1, -0.05) is 84.0 Å². The normalized spacial score (nSPS) is 13.7. The third-order valence-corrected chi connectivity index (χ3v) is 5.15. The van der Waals surface area contributed by atoms with Crippen LogP contribution in [0.3, 0.4) is 0 Å². The third-order valence-electron chi connectivity index (χ3n) is 5.15. The number of carbonyl (C=O) groups is 1. The molecule has 2 unspecified atom stereocenters. The number of rotatable bonds is 20. The largest absolute Gasteiger partial charge is 0.481 e. The molecule has 4 nitrogen and oxygen atoms in total. The highest BCUT2D eigenvalue weighted by atomic mass is 16.4. The molecule has 0 aromatic heterocycles. The zero-order chi connectivity index (χ0) is 19.5. The lowest BCUT2D eigenvalue weighted by Crippen LogP contribution is -2.13. The van der Waals surface area contributed by atoms with Crippen LogP contribution in [0, 0.1) is 0 Å². The molecule has 156 valence electrons. The van der Waals surface area contributed by atoms with E-state index in [-0.39, 0.29) is 12.2 Å². The molecule has 0 spiro atoms. The van der Waals surface area contributed by atoms with Crippen molar-refractivity contribution in [3.8, 4) is 0 Å². The van der Waals surface area contributed by atoms with Crippen molar-refractivity contribution in [3.05, 3.63) is 0 Å². The molecule has 4 heteroatoms. The maximum absolute atomic E-state index is 10.4. The van der Waals surface area contributed by atoms with E-state index in [0.717, 1.165) is 64.2 Å². The van der Waals surface area contributed by atoms with E-state index in [9.17, 15) is 15.0 Å². The topological polar surface area (TPSA) is 77.8 Å². The molecule has 0 amide bonds. The summed E-state index contributed by atoms with van der Waals surface area (Å²) in [7, 11) is 0. The van der Waals surface area contributed by atoms with Gasteiger partial charge >= 0.3 is 5.97 Å². The molecule has 0 aliphatic heterocycles. The van der Waals surface area contributed by atoms with Crippen LogP contribution in [0.1, 0.15) is 122 Å². The lowest BCUT2D eigenvalue weighted by molar-refractivity contribution is -0.137. The molecular weight excluding hydrogens is 328 g/mol. The Hall–Kier alpha value is -0.610. The fraction of sp³-hybridized carbons (Fsp3) is 0.955. The first-order valence-corrected chi connectivity index (χ1v) is 11.1. The summed E-state index contributed by atoms with van der Waals surface area (Å²) < 4.78 is 0. The number of unbranched alkanes of at least 4 members (excludes halogenated alkanes) is 11. The first-order valence-electron chi connectivity index (χ1n) is 11.1. The van der Waals surface area contributed by atoms with E-state index >= 15 is 0 Å². The van der Waals surface area contributed by atoms with Crippen LogP contribution in [-0.4, -0.2) is 33.5 Å². The van der Waals surface area contributed by atoms with Gasteiger partial charge in [0, 0.05) is 6.42 Å². The van der Waals surface area contributed by atoms with Crippen molar-refractivity contribution in [2.75, 3.05) is 0 Å². The van der Waals surface area contributed by atoms with E-state index in [4.69, 9.17) is 5.11 Å². The highest BCUT2D eigenvalue weighted by Gasteiger charge is 2.09. The predicted octanol–water partition coefficient (Wildman–Crippen LogP) is 5.83.